The maximum atomic E-state index is 12.6. The van der Waals surface area contributed by atoms with Crippen molar-refractivity contribution < 1.29 is 19.0 Å². The largest absolute Gasteiger partial charge is 0.494 e. The lowest BCUT2D eigenvalue weighted by Gasteiger charge is -2.30. The molecule has 0 atom stereocenters. The number of hydrogen-bond acceptors (Lipinski definition) is 5. The molecule has 0 aliphatic carbocycles. The van der Waals surface area contributed by atoms with Gasteiger partial charge in [-0.3, -0.25) is 4.79 Å². The van der Waals surface area contributed by atoms with Gasteiger partial charge in [-0.05, 0) is 60.9 Å². The van der Waals surface area contributed by atoms with Gasteiger partial charge in [-0.2, -0.15) is 0 Å². The standard InChI is InChI=1S/C21H26N2O4/c1-4-27-18-7-5-17(6-8-18)22-13-21(24)23-10-9-15-11-19(25-2)20(26-3)12-16(15)14-23/h5-8,11-12,22H,4,9-10,13-14H2,1-3H3. The molecular weight excluding hydrogens is 344 g/mol. The summed E-state index contributed by atoms with van der Waals surface area (Å²) >= 11 is 0. The van der Waals surface area contributed by atoms with Gasteiger partial charge in [0.05, 0.1) is 27.4 Å². The fourth-order valence-electron chi connectivity index (χ4n) is 3.22. The summed E-state index contributed by atoms with van der Waals surface area (Å²) < 4.78 is 16.2. The molecule has 1 N–H and O–H groups in total. The van der Waals surface area contributed by atoms with Crippen LogP contribution in [0.4, 0.5) is 5.69 Å². The lowest BCUT2D eigenvalue weighted by molar-refractivity contribution is -0.130. The van der Waals surface area contributed by atoms with Crippen molar-refractivity contribution in [2.45, 2.75) is 19.9 Å². The third-order valence-electron chi connectivity index (χ3n) is 4.68. The number of nitrogens with zero attached hydrogens (tertiary/aromatic N) is 1. The van der Waals surface area contributed by atoms with Crippen LogP contribution < -0.4 is 19.5 Å². The molecule has 0 saturated carbocycles. The minimum Gasteiger partial charge on any atom is -0.494 e. The molecule has 1 aliphatic rings. The van der Waals surface area contributed by atoms with Gasteiger partial charge in [0.1, 0.15) is 5.75 Å². The smallest absolute Gasteiger partial charge is 0.242 e. The van der Waals surface area contributed by atoms with Crippen LogP contribution in [0.1, 0.15) is 18.1 Å². The molecule has 144 valence electrons. The molecule has 1 amide bonds. The van der Waals surface area contributed by atoms with E-state index in [4.69, 9.17) is 14.2 Å². The van der Waals surface area contributed by atoms with Crippen LogP contribution in [0.2, 0.25) is 0 Å². The highest BCUT2D eigenvalue weighted by Gasteiger charge is 2.22. The monoisotopic (exact) mass is 370 g/mol. The van der Waals surface area contributed by atoms with Crippen molar-refractivity contribution in [3.05, 3.63) is 47.5 Å². The van der Waals surface area contributed by atoms with Crippen LogP contribution >= 0.6 is 0 Å². The van der Waals surface area contributed by atoms with Gasteiger partial charge in [0.15, 0.2) is 11.5 Å². The second-order valence-electron chi connectivity index (χ2n) is 6.35. The zero-order valence-corrected chi connectivity index (χ0v) is 16.1. The molecule has 2 aromatic rings. The second kappa shape index (κ2) is 8.66. The highest BCUT2D eigenvalue weighted by atomic mass is 16.5. The van der Waals surface area contributed by atoms with Crippen molar-refractivity contribution in [2.24, 2.45) is 0 Å². The molecule has 0 unspecified atom stereocenters. The van der Waals surface area contributed by atoms with E-state index in [2.05, 4.69) is 5.32 Å². The molecule has 0 aromatic heterocycles. The second-order valence-corrected chi connectivity index (χ2v) is 6.35. The number of benzene rings is 2. The number of rotatable bonds is 7. The number of fused-ring (bicyclic) bond motifs is 1. The molecule has 0 radical (unpaired) electrons. The summed E-state index contributed by atoms with van der Waals surface area (Å²) in [4.78, 5) is 14.5. The van der Waals surface area contributed by atoms with E-state index in [-0.39, 0.29) is 12.5 Å². The zero-order chi connectivity index (χ0) is 19.2. The van der Waals surface area contributed by atoms with Crippen LogP contribution in [-0.2, 0) is 17.8 Å². The van der Waals surface area contributed by atoms with Gasteiger partial charge in [0.25, 0.3) is 0 Å². The van der Waals surface area contributed by atoms with Gasteiger partial charge in [0.2, 0.25) is 5.91 Å². The SMILES string of the molecule is CCOc1ccc(NCC(=O)N2CCc3cc(OC)c(OC)cc3C2)cc1. The first-order valence-corrected chi connectivity index (χ1v) is 9.13. The molecule has 3 rings (SSSR count). The summed E-state index contributed by atoms with van der Waals surface area (Å²) in [5.41, 5.74) is 3.21. The Morgan fingerprint density at radius 2 is 1.74 bits per heavy atom. The van der Waals surface area contributed by atoms with Crippen LogP contribution in [0.3, 0.4) is 0 Å². The van der Waals surface area contributed by atoms with Gasteiger partial charge in [-0.1, -0.05) is 0 Å². The molecule has 2 aromatic carbocycles. The minimum absolute atomic E-state index is 0.0734. The number of anilines is 1. The normalized spacial score (nSPS) is 12.9. The lowest BCUT2D eigenvalue weighted by atomic mass is 9.98. The van der Waals surface area contributed by atoms with Crippen LogP contribution in [-0.4, -0.2) is 44.7 Å². The first-order valence-electron chi connectivity index (χ1n) is 9.13. The Hall–Kier alpha value is -2.89. The summed E-state index contributed by atoms with van der Waals surface area (Å²) in [5.74, 6) is 2.32. The van der Waals surface area contributed by atoms with E-state index in [9.17, 15) is 4.79 Å². The highest BCUT2D eigenvalue weighted by molar-refractivity contribution is 5.81. The maximum Gasteiger partial charge on any atom is 0.242 e. The first kappa shape index (κ1) is 18.9. The quantitative estimate of drug-likeness (QED) is 0.812. The number of carbonyl (C=O) groups is 1. The zero-order valence-electron chi connectivity index (χ0n) is 16.1. The van der Waals surface area contributed by atoms with E-state index >= 15 is 0 Å². The molecule has 0 spiro atoms. The maximum absolute atomic E-state index is 12.6. The summed E-state index contributed by atoms with van der Waals surface area (Å²) in [6, 6.07) is 11.6. The summed E-state index contributed by atoms with van der Waals surface area (Å²) in [7, 11) is 3.26. The molecular formula is C21H26N2O4. The number of methoxy groups -OCH3 is 2. The number of ether oxygens (including phenoxy) is 3. The Labute approximate surface area is 160 Å². The summed E-state index contributed by atoms with van der Waals surface area (Å²) in [5, 5.41) is 3.18. The van der Waals surface area contributed by atoms with Gasteiger partial charge in [-0.15, -0.1) is 0 Å². The van der Waals surface area contributed by atoms with Crippen molar-refractivity contribution >= 4 is 11.6 Å². The minimum atomic E-state index is 0.0734. The summed E-state index contributed by atoms with van der Waals surface area (Å²) in [6.45, 7) is 4.13. The Bertz CT molecular complexity index is 790. The molecule has 27 heavy (non-hydrogen) atoms. The van der Waals surface area contributed by atoms with Crippen molar-refractivity contribution in [1.29, 1.82) is 0 Å². The predicted octanol–water partition coefficient (Wildman–Crippen LogP) is 3.10. The molecule has 0 fully saturated rings. The Morgan fingerprint density at radius 1 is 1.07 bits per heavy atom. The lowest BCUT2D eigenvalue weighted by Crippen LogP contribution is -2.39. The summed E-state index contributed by atoms with van der Waals surface area (Å²) in [6.07, 6.45) is 0.810. The number of carbonyl (C=O) groups excluding carboxylic acids is 1. The van der Waals surface area contributed by atoms with E-state index in [0.29, 0.717) is 25.4 Å². The third kappa shape index (κ3) is 4.45. The van der Waals surface area contributed by atoms with Gasteiger partial charge < -0.3 is 24.4 Å². The third-order valence-corrected chi connectivity index (χ3v) is 4.68. The Kier molecular flexibility index (Phi) is 6.06. The van der Waals surface area contributed by atoms with Crippen LogP contribution in [0.25, 0.3) is 0 Å². The molecule has 1 aliphatic heterocycles. The van der Waals surface area contributed by atoms with E-state index < -0.39 is 0 Å². The molecule has 6 heteroatoms. The van der Waals surface area contributed by atoms with Crippen LogP contribution in [0.5, 0.6) is 17.2 Å². The Morgan fingerprint density at radius 3 is 2.37 bits per heavy atom. The van der Waals surface area contributed by atoms with Crippen molar-refractivity contribution in [3.8, 4) is 17.2 Å². The fraction of sp³-hybridized carbons (Fsp3) is 0.381. The first-order chi connectivity index (χ1) is 13.1. The average molecular weight is 370 g/mol. The average Bonchev–Trinajstić information content (AvgIpc) is 2.71. The fourth-order valence-corrected chi connectivity index (χ4v) is 3.22. The van der Waals surface area contributed by atoms with Crippen LogP contribution in [0.15, 0.2) is 36.4 Å². The van der Waals surface area contributed by atoms with E-state index in [1.807, 2.05) is 48.2 Å². The van der Waals surface area contributed by atoms with Gasteiger partial charge in [0, 0.05) is 18.8 Å². The molecule has 0 bridgehead atoms. The van der Waals surface area contributed by atoms with Gasteiger partial charge >= 0.3 is 0 Å². The number of amides is 1. The van der Waals surface area contributed by atoms with Gasteiger partial charge in [-0.25, -0.2) is 0 Å². The predicted molar refractivity (Wildman–Crippen MR) is 105 cm³/mol. The van der Waals surface area contributed by atoms with E-state index in [0.717, 1.165) is 29.2 Å². The highest BCUT2D eigenvalue weighted by Crippen LogP contribution is 2.33. The Balaban J connectivity index is 1.60. The van der Waals surface area contributed by atoms with E-state index in [1.54, 1.807) is 14.2 Å². The molecule has 0 saturated heterocycles. The topological polar surface area (TPSA) is 60.0 Å². The number of nitrogens with one attached hydrogen (secondary N) is 1. The van der Waals surface area contributed by atoms with Crippen LogP contribution in [0, 0.1) is 0 Å². The van der Waals surface area contributed by atoms with Crippen molar-refractivity contribution in [3.63, 3.8) is 0 Å². The van der Waals surface area contributed by atoms with E-state index in [1.165, 1.54) is 5.56 Å². The number of hydrogen-bond donors (Lipinski definition) is 1. The van der Waals surface area contributed by atoms with Crippen molar-refractivity contribution in [2.75, 3.05) is 39.2 Å². The molecule has 1 heterocycles. The molecule has 6 nitrogen and oxygen atoms in total. The van der Waals surface area contributed by atoms with Crippen molar-refractivity contribution in [1.82, 2.24) is 4.90 Å².